The number of nitrogens with zero attached hydrogens (tertiary/aromatic N) is 1. The van der Waals surface area contributed by atoms with Crippen molar-refractivity contribution in [3.63, 3.8) is 0 Å². The van der Waals surface area contributed by atoms with Crippen LogP contribution in [0.2, 0.25) is 0 Å². The summed E-state index contributed by atoms with van der Waals surface area (Å²) < 4.78 is 4.74. The van der Waals surface area contributed by atoms with Gasteiger partial charge >= 0.3 is 5.97 Å². The van der Waals surface area contributed by atoms with Gasteiger partial charge in [-0.3, -0.25) is 0 Å². The molecule has 0 saturated carbocycles. The maximum absolute atomic E-state index is 11.6. The fourth-order valence-corrected chi connectivity index (χ4v) is 1.95. The molecule has 4 nitrogen and oxygen atoms in total. The molecule has 90 valence electrons. The van der Waals surface area contributed by atoms with Crippen LogP contribution in [-0.4, -0.2) is 23.0 Å². The van der Waals surface area contributed by atoms with Crippen LogP contribution >= 0.6 is 0 Å². The van der Waals surface area contributed by atoms with Crippen molar-refractivity contribution in [2.24, 2.45) is 0 Å². The molecule has 0 radical (unpaired) electrons. The Labute approximate surface area is 100 Å². The summed E-state index contributed by atoms with van der Waals surface area (Å²) in [6.07, 6.45) is 1.96. The first-order chi connectivity index (χ1) is 8.17. The minimum atomic E-state index is -0.315. The van der Waals surface area contributed by atoms with E-state index in [1.165, 1.54) is 7.11 Å². The molecule has 0 fully saturated rings. The molecule has 1 aromatic heterocycles. The highest BCUT2D eigenvalue weighted by atomic mass is 16.5. The first-order valence-electron chi connectivity index (χ1n) is 5.74. The zero-order valence-electron chi connectivity index (χ0n) is 10.3. The molecule has 0 bridgehead atoms. The van der Waals surface area contributed by atoms with Gasteiger partial charge in [-0.2, -0.15) is 0 Å². The molecule has 1 N–H and O–H groups in total. The number of benzene rings is 1. The number of methoxy groups -OCH3 is 1. The van der Waals surface area contributed by atoms with Gasteiger partial charge in [0.05, 0.1) is 23.7 Å². The monoisotopic (exact) mass is 232 g/mol. The summed E-state index contributed by atoms with van der Waals surface area (Å²) in [7, 11) is 1.39. The molecular weight excluding hydrogens is 216 g/mol. The number of esters is 1. The van der Waals surface area contributed by atoms with E-state index in [2.05, 4.69) is 16.9 Å². The van der Waals surface area contributed by atoms with E-state index in [0.717, 1.165) is 35.3 Å². The van der Waals surface area contributed by atoms with Crippen molar-refractivity contribution >= 4 is 17.0 Å². The quantitative estimate of drug-likeness (QED) is 0.827. The van der Waals surface area contributed by atoms with Crippen LogP contribution in [0.3, 0.4) is 0 Å². The van der Waals surface area contributed by atoms with Crippen molar-refractivity contribution in [1.82, 2.24) is 9.97 Å². The third-order valence-electron chi connectivity index (χ3n) is 2.85. The lowest BCUT2D eigenvalue weighted by Crippen LogP contribution is -2.03. The first-order valence-corrected chi connectivity index (χ1v) is 5.74. The predicted octanol–water partition coefficient (Wildman–Crippen LogP) is 2.61. The highest BCUT2D eigenvalue weighted by Gasteiger charge is 2.13. The number of carbonyl (C=O) groups excluding carboxylic acids is 1. The number of aromatic nitrogens is 2. The molecule has 0 aliphatic carbocycles. The summed E-state index contributed by atoms with van der Waals surface area (Å²) in [5, 5.41) is 0. The van der Waals surface area contributed by atoms with E-state index < -0.39 is 0 Å². The highest BCUT2D eigenvalue weighted by molar-refractivity contribution is 5.96. The van der Waals surface area contributed by atoms with E-state index in [1.54, 1.807) is 6.07 Å². The minimum Gasteiger partial charge on any atom is -0.465 e. The van der Waals surface area contributed by atoms with E-state index in [0.29, 0.717) is 5.56 Å². The number of nitrogens with one attached hydrogen (secondary N) is 1. The van der Waals surface area contributed by atoms with Gasteiger partial charge in [0.1, 0.15) is 5.82 Å². The molecule has 1 heterocycles. The van der Waals surface area contributed by atoms with Crippen LogP contribution in [0.4, 0.5) is 0 Å². The Kier molecular flexibility index (Phi) is 3.13. The minimum absolute atomic E-state index is 0.315. The number of fused-ring (bicyclic) bond motifs is 1. The van der Waals surface area contributed by atoms with E-state index in [9.17, 15) is 4.79 Å². The molecule has 2 aromatic rings. The van der Waals surface area contributed by atoms with Crippen LogP contribution in [0.1, 0.15) is 35.1 Å². The second-order valence-electron chi connectivity index (χ2n) is 4.06. The lowest BCUT2D eigenvalue weighted by Gasteiger charge is -2.03. The number of hydrogen-bond acceptors (Lipinski definition) is 3. The van der Waals surface area contributed by atoms with E-state index in [4.69, 9.17) is 4.74 Å². The molecule has 0 spiro atoms. The molecule has 4 heteroatoms. The lowest BCUT2D eigenvalue weighted by atomic mass is 10.1. The fraction of sp³-hybridized carbons (Fsp3) is 0.385. The van der Waals surface area contributed by atoms with E-state index in [1.807, 2.05) is 13.0 Å². The summed E-state index contributed by atoms with van der Waals surface area (Å²) in [6.45, 7) is 4.01. The van der Waals surface area contributed by atoms with Crippen molar-refractivity contribution in [3.8, 4) is 0 Å². The average Bonchev–Trinajstić information content (AvgIpc) is 2.73. The lowest BCUT2D eigenvalue weighted by molar-refractivity contribution is 0.0600. The Morgan fingerprint density at radius 3 is 2.88 bits per heavy atom. The first kappa shape index (κ1) is 11.6. The largest absolute Gasteiger partial charge is 0.465 e. The third kappa shape index (κ3) is 2.02. The summed E-state index contributed by atoms with van der Waals surface area (Å²) in [5.41, 5.74) is 3.28. The molecule has 0 atom stereocenters. The Hall–Kier alpha value is -1.84. The molecule has 2 rings (SSSR count). The second-order valence-corrected chi connectivity index (χ2v) is 4.06. The molecule has 0 amide bonds. The molecule has 0 aliphatic heterocycles. The third-order valence-corrected chi connectivity index (χ3v) is 2.85. The van der Waals surface area contributed by atoms with Gasteiger partial charge in [-0.25, -0.2) is 9.78 Å². The van der Waals surface area contributed by atoms with Gasteiger partial charge in [-0.05, 0) is 31.0 Å². The summed E-state index contributed by atoms with van der Waals surface area (Å²) in [5.74, 6) is 0.650. The fourth-order valence-electron chi connectivity index (χ4n) is 1.95. The highest BCUT2D eigenvalue weighted by Crippen LogP contribution is 2.21. The normalized spacial score (nSPS) is 10.8. The molecule has 0 saturated heterocycles. The van der Waals surface area contributed by atoms with Crippen molar-refractivity contribution < 1.29 is 9.53 Å². The zero-order chi connectivity index (χ0) is 12.4. The Morgan fingerprint density at radius 2 is 2.24 bits per heavy atom. The molecule has 0 aliphatic rings. The zero-order valence-corrected chi connectivity index (χ0v) is 10.3. The van der Waals surface area contributed by atoms with Crippen molar-refractivity contribution in [2.45, 2.75) is 26.7 Å². The average molecular weight is 232 g/mol. The van der Waals surface area contributed by atoms with Gasteiger partial charge in [0.2, 0.25) is 0 Å². The van der Waals surface area contributed by atoms with Crippen LogP contribution in [0.25, 0.3) is 11.0 Å². The maximum atomic E-state index is 11.6. The van der Waals surface area contributed by atoms with Crippen LogP contribution in [0, 0.1) is 6.92 Å². The maximum Gasteiger partial charge on any atom is 0.338 e. The number of H-pyrrole nitrogens is 1. The molecule has 1 aromatic carbocycles. The number of aromatic amines is 1. The Bertz CT molecular complexity index is 558. The summed E-state index contributed by atoms with van der Waals surface area (Å²) in [6, 6.07) is 3.65. The van der Waals surface area contributed by atoms with Gasteiger partial charge in [0.25, 0.3) is 0 Å². The van der Waals surface area contributed by atoms with Gasteiger partial charge in [0.15, 0.2) is 0 Å². The number of carbonyl (C=O) groups is 1. The number of hydrogen-bond donors (Lipinski definition) is 1. The molecular formula is C13H16N2O2. The molecule has 17 heavy (non-hydrogen) atoms. The van der Waals surface area contributed by atoms with Crippen LogP contribution in [0.15, 0.2) is 12.1 Å². The smallest absolute Gasteiger partial charge is 0.338 e. The number of ether oxygens (including phenoxy) is 1. The van der Waals surface area contributed by atoms with Gasteiger partial charge < -0.3 is 9.72 Å². The number of imidazole rings is 1. The Morgan fingerprint density at radius 1 is 1.47 bits per heavy atom. The van der Waals surface area contributed by atoms with Crippen molar-refractivity contribution in [3.05, 3.63) is 29.1 Å². The number of aryl methyl sites for hydroxylation is 2. The van der Waals surface area contributed by atoms with Crippen LogP contribution in [-0.2, 0) is 11.2 Å². The Balaban J connectivity index is 2.54. The van der Waals surface area contributed by atoms with Crippen LogP contribution < -0.4 is 0 Å². The van der Waals surface area contributed by atoms with Gasteiger partial charge in [-0.1, -0.05) is 6.92 Å². The van der Waals surface area contributed by atoms with E-state index in [-0.39, 0.29) is 5.97 Å². The summed E-state index contributed by atoms with van der Waals surface area (Å²) in [4.78, 5) is 19.3. The van der Waals surface area contributed by atoms with Gasteiger partial charge in [0, 0.05) is 6.42 Å². The standard InChI is InChI=1S/C13H16N2O2/c1-4-5-11-14-10-7-6-9(13(16)17-3)8(2)12(10)15-11/h6-7H,4-5H2,1-3H3,(H,14,15). The van der Waals surface area contributed by atoms with Gasteiger partial charge in [-0.15, -0.1) is 0 Å². The topological polar surface area (TPSA) is 55.0 Å². The van der Waals surface area contributed by atoms with Crippen molar-refractivity contribution in [2.75, 3.05) is 7.11 Å². The van der Waals surface area contributed by atoms with E-state index >= 15 is 0 Å². The second kappa shape index (κ2) is 4.57. The number of rotatable bonds is 3. The SMILES string of the molecule is CCCc1nc2c(C)c(C(=O)OC)ccc2[nH]1. The summed E-state index contributed by atoms with van der Waals surface area (Å²) >= 11 is 0. The molecule has 0 unspecified atom stereocenters. The predicted molar refractivity (Wildman–Crippen MR) is 66.2 cm³/mol. The van der Waals surface area contributed by atoms with Crippen molar-refractivity contribution in [1.29, 1.82) is 0 Å². The van der Waals surface area contributed by atoms with Crippen LogP contribution in [0.5, 0.6) is 0 Å².